The first-order chi connectivity index (χ1) is 20.0. The Kier molecular flexibility index (Phi) is 8.23. The van der Waals surface area contributed by atoms with Crippen molar-refractivity contribution in [2.45, 2.75) is 12.8 Å². The van der Waals surface area contributed by atoms with E-state index in [1.165, 1.54) is 42.6 Å². The molecule has 1 heterocycles. The summed E-state index contributed by atoms with van der Waals surface area (Å²) in [6.45, 7) is -0.0352. The summed E-state index contributed by atoms with van der Waals surface area (Å²) in [6.07, 6.45) is -3.45. The number of fused-ring (bicyclic) bond motifs is 1. The summed E-state index contributed by atoms with van der Waals surface area (Å²) in [4.78, 5) is 29.2. The number of halogens is 5. The molecule has 0 aliphatic heterocycles. The molecule has 0 fully saturated rings. The number of para-hydroxylation sites is 2. The highest BCUT2D eigenvalue weighted by Crippen LogP contribution is 2.33. The highest BCUT2D eigenvalue weighted by molar-refractivity contribution is 9.11. The van der Waals surface area contributed by atoms with Crippen molar-refractivity contribution in [3.8, 4) is 17.1 Å². The molecule has 5 rings (SSSR count). The lowest BCUT2D eigenvalue weighted by Gasteiger charge is -2.13. The molecule has 5 aromatic rings. The standard InChI is InChI=1S/C29H17Br2F3N4O4/c30-21-12-11-19(23(31)14-21)16-42-26-18(6-4-10-25(26)38(40)41)15-35-37-27(17-5-3-7-20(13-17)29(32,33)34)36-24-9-2-1-8-22(24)28(37)39/h1-15H,16H2. The number of aromatic nitrogens is 2. The van der Waals surface area contributed by atoms with E-state index < -0.39 is 22.2 Å². The summed E-state index contributed by atoms with van der Waals surface area (Å²) in [6, 6.07) is 20.3. The summed E-state index contributed by atoms with van der Waals surface area (Å²) < 4.78 is 48.7. The van der Waals surface area contributed by atoms with Gasteiger partial charge < -0.3 is 4.74 Å². The van der Waals surface area contributed by atoms with Gasteiger partial charge in [-0.15, -0.1) is 0 Å². The Labute approximate surface area is 252 Å². The second-order valence-corrected chi connectivity index (χ2v) is 10.6. The van der Waals surface area contributed by atoms with Crippen molar-refractivity contribution >= 4 is 54.7 Å². The number of hydrogen-bond acceptors (Lipinski definition) is 6. The van der Waals surface area contributed by atoms with E-state index in [2.05, 4.69) is 41.9 Å². The van der Waals surface area contributed by atoms with Crippen molar-refractivity contribution in [2.24, 2.45) is 5.10 Å². The molecular formula is C29H17Br2F3N4O4. The van der Waals surface area contributed by atoms with Crippen LogP contribution < -0.4 is 10.3 Å². The van der Waals surface area contributed by atoms with E-state index in [-0.39, 0.29) is 45.9 Å². The minimum absolute atomic E-state index is 0.000400. The number of hydrogen-bond donors (Lipinski definition) is 0. The Morgan fingerprint density at radius 2 is 1.76 bits per heavy atom. The van der Waals surface area contributed by atoms with E-state index in [1.54, 1.807) is 36.4 Å². The third-order valence-electron chi connectivity index (χ3n) is 6.12. The Morgan fingerprint density at radius 1 is 1.00 bits per heavy atom. The minimum atomic E-state index is -4.62. The lowest BCUT2D eigenvalue weighted by molar-refractivity contribution is -0.386. The highest BCUT2D eigenvalue weighted by Gasteiger charge is 2.31. The van der Waals surface area contributed by atoms with Crippen molar-refractivity contribution in [3.63, 3.8) is 0 Å². The van der Waals surface area contributed by atoms with E-state index in [0.717, 1.165) is 21.3 Å². The van der Waals surface area contributed by atoms with Crippen LogP contribution in [0.25, 0.3) is 22.3 Å². The fourth-order valence-corrected chi connectivity index (χ4v) is 5.27. The van der Waals surface area contributed by atoms with Gasteiger partial charge in [0.15, 0.2) is 5.82 Å². The molecule has 42 heavy (non-hydrogen) atoms. The molecule has 212 valence electrons. The average Bonchev–Trinajstić information content (AvgIpc) is 2.96. The molecule has 0 aliphatic carbocycles. The summed E-state index contributed by atoms with van der Waals surface area (Å²) >= 11 is 6.81. The fraction of sp³-hybridized carbons (Fsp3) is 0.0690. The van der Waals surface area contributed by atoms with Crippen LogP contribution in [-0.4, -0.2) is 20.8 Å². The highest BCUT2D eigenvalue weighted by atomic mass is 79.9. The Hall–Kier alpha value is -4.36. The van der Waals surface area contributed by atoms with Crippen molar-refractivity contribution in [2.75, 3.05) is 0 Å². The largest absolute Gasteiger partial charge is 0.481 e. The van der Waals surface area contributed by atoms with Crippen LogP contribution in [0, 0.1) is 10.1 Å². The lowest BCUT2D eigenvalue weighted by atomic mass is 10.1. The van der Waals surface area contributed by atoms with Gasteiger partial charge in [0.1, 0.15) is 6.61 Å². The van der Waals surface area contributed by atoms with Crippen molar-refractivity contribution < 1.29 is 22.8 Å². The first-order valence-corrected chi connectivity index (χ1v) is 13.7. The number of alkyl halides is 3. The van der Waals surface area contributed by atoms with Gasteiger partial charge in [-0.25, -0.2) is 4.98 Å². The van der Waals surface area contributed by atoms with Crippen molar-refractivity contribution in [3.05, 3.63) is 131 Å². The quantitative estimate of drug-likeness (QED) is 0.0974. The molecule has 0 atom stereocenters. The normalized spacial score (nSPS) is 11.7. The van der Waals surface area contributed by atoms with Crippen LogP contribution >= 0.6 is 31.9 Å². The second kappa shape index (κ2) is 11.9. The molecule has 1 aromatic heterocycles. The maximum Gasteiger partial charge on any atom is 0.416 e. The zero-order chi connectivity index (χ0) is 30.0. The average molecular weight is 702 g/mol. The van der Waals surface area contributed by atoms with Crippen LogP contribution in [0.4, 0.5) is 18.9 Å². The van der Waals surface area contributed by atoms with Crippen LogP contribution in [0.1, 0.15) is 16.7 Å². The van der Waals surface area contributed by atoms with Gasteiger partial charge >= 0.3 is 11.9 Å². The molecule has 0 radical (unpaired) electrons. The second-order valence-electron chi connectivity index (χ2n) is 8.87. The number of nitrogens with zero attached hydrogens (tertiary/aromatic N) is 4. The van der Waals surface area contributed by atoms with Gasteiger partial charge in [-0.2, -0.15) is 22.9 Å². The van der Waals surface area contributed by atoms with E-state index in [9.17, 15) is 28.1 Å². The van der Waals surface area contributed by atoms with Crippen LogP contribution in [0.2, 0.25) is 0 Å². The van der Waals surface area contributed by atoms with Gasteiger partial charge in [0.25, 0.3) is 5.56 Å². The summed E-state index contributed by atoms with van der Waals surface area (Å²) in [5.74, 6) is -0.253. The zero-order valence-electron chi connectivity index (χ0n) is 21.2. The summed E-state index contributed by atoms with van der Waals surface area (Å²) in [7, 11) is 0. The number of benzene rings is 4. The molecule has 0 aliphatic rings. The smallest absolute Gasteiger partial charge is 0.416 e. The first kappa shape index (κ1) is 29.1. The van der Waals surface area contributed by atoms with Crippen LogP contribution in [-0.2, 0) is 12.8 Å². The van der Waals surface area contributed by atoms with Gasteiger partial charge in [-0.3, -0.25) is 14.9 Å². The van der Waals surface area contributed by atoms with E-state index in [4.69, 9.17) is 4.74 Å². The monoisotopic (exact) mass is 700 g/mol. The van der Waals surface area contributed by atoms with Gasteiger partial charge in [-0.05, 0) is 42.5 Å². The van der Waals surface area contributed by atoms with Crippen LogP contribution in [0.15, 0.2) is 104 Å². The van der Waals surface area contributed by atoms with Gasteiger partial charge in [0.2, 0.25) is 5.75 Å². The minimum Gasteiger partial charge on any atom is -0.481 e. The molecule has 13 heteroatoms. The molecule has 0 saturated heterocycles. The Balaban J connectivity index is 1.63. The number of rotatable bonds is 7. The number of nitro benzene ring substituents is 1. The Morgan fingerprint density at radius 3 is 2.50 bits per heavy atom. The van der Waals surface area contributed by atoms with E-state index in [0.29, 0.717) is 10.0 Å². The predicted molar refractivity (Wildman–Crippen MR) is 159 cm³/mol. The summed E-state index contributed by atoms with van der Waals surface area (Å²) in [5, 5.41) is 16.3. The zero-order valence-corrected chi connectivity index (χ0v) is 24.4. The van der Waals surface area contributed by atoms with Crippen molar-refractivity contribution in [1.82, 2.24) is 9.66 Å². The maximum absolute atomic E-state index is 13.5. The first-order valence-electron chi connectivity index (χ1n) is 12.1. The van der Waals surface area contributed by atoms with Crippen LogP contribution in [0.3, 0.4) is 0 Å². The Bertz CT molecular complexity index is 1930. The topological polar surface area (TPSA) is 99.6 Å². The molecule has 0 bridgehead atoms. The molecule has 0 saturated carbocycles. The van der Waals surface area contributed by atoms with E-state index >= 15 is 0 Å². The van der Waals surface area contributed by atoms with Crippen LogP contribution in [0.5, 0.6) is 5.75 Å². The number of ether oxygens (including phenoxy) is 1. The van der Waals surface area contributed by atoms with E-state index in [1.807, 2.05) is 0 Å². The molecule has 0 N–H and O–H groups in total. The number of nitro groups is 1. The third-order valence-corrected chi connectivity index (χ3v) is 7.35. The maximum atomic E-state index is 13.5. The lowest BCUT2D eigenvalue weighted by Crippen LogP contribution is -2.20. The molecule has 0 amide bonds. The predicted octanol–water partition coefficient (Wildman–Crippen LogP) is 7.98. The SMILES string of the molecule is O=c1c2ccccc2nc(-c2cccc(C(F)(F)F)c2)n1N=Cc1cccc([N+](=O)[O-])c1OCc1ccc(Br)cc1Br. The molecule has 4 aromatic carbocycles. The third kappa shape index (κ3) is 6.11. The van der Waals surface area contributed by atoms with Gasteiger partial charge in [0, 0.05) is 31.7 Å². The van der Waals surface area contributed by atoms with Gasteiger partial charge in [0.05, 0.1) is 27.6 Å². The molecule has 0 unspecified atom stereocenters. The van der Waals surface area contributed by atoms with Crippen molar-refractivity contribution in [1.29, 1.82) is 0 Å². The summed E-state index contributed by atoms with van der Waals surface area (Å²) in [5.41, 5.74) is -0.772. The molecular weight excluding hydrogens is 685 g/mol. The molecule has 0 spiro atoms. The fourth-order valence-electron chi connectivity index (χ4n) is 4.11. The van der Waals surface area contributed by atoms with Gasteiger partial charge in [-0.1, -0.05) is 68.3 Å². The molecule has 8 nitrogen and oxygen atoms in total.